The van der Waals surface area contributed by atoms with Gasteiger partial charge in [-0.05, 0) is 68.2 Å². The molecule has 2 heterocycles. The van der Waals surface area contributed by atoms with Crippen LogP contribution in [-0.4, -0.2) is 52.5 Å². The van der Waals surface area contributed by atoms with E-state index in [1.165, 1.54) is 44.0 Å². The second-order valence-electron chi connectivity index (χ2n) is 7.89. The summed E-state index contributed by atoms with van der Waals surface area (Å²) in [5, 5.41) is 3.13. The molecule has 0 aliphatic carbocycles. The maximum Gasteiger partial charge on any atom is 0.285 e. The SMILES string of the molecule is COc1ccc2c(c1)C(NCCCOc1cccc(CN3CCCCC3)c1)=NS2(=O)=O. The molecule has 2 aliphatic heterocycles. The molecule has 31 heavy (non-hydrogen) atoms. The third kappa shape index (κ3) is 5.37. The Kier molecular flexibility index (Phi) is 6.77. The van der Waals surface area contributed by atoms with Gasteiger partial charge in [0.05, 0.1) is 13.7 Å². The summed E-state index contributed by atoms with van der Waals surface area (Å²) >= 11 is 0. The highest BCUT2D eigenvalue weighted by molar-refractivity contribution is 7.90. The first-order chi connectivity index (χ1) is 15.0. The van der Waals surface area contributed by atoms with Gasteiger partial charge in [0.1, 0.15) is 22.2 Å². The molecule has 0 radical (unpaired) electrons. The second-order valence-corrected chi connectivity index (χ2v) is 9.46. The molecule has 4 rings (SSSR count). The molecule has 0 spiro atoms. The first-order valence-electron chi connectivity index (χ1n) is 10.8. The van der Waals surface area contributed by atoms with Crippen LogP contribution in [-0.2, 0) is 16.6 Å². The van der Waals surface area contributed by atoms with Gasteiger partial charge in [0, 0.05) is 18.7 Å². The summed E-state index contributed by atoms with van der Waals surface area (Å²) < 4.78 is 39.4. The van der Waals surface area contributed by atoms with Crippen LogP contribution in [0, 0.1) is 0 Å². The number of amidine groups is 1. The molecule has 0 amide bonds. The van der Waals surface area contributed by atoms with E-state index in [4.69, 9.17) is 9.47 Å². The molecule has 2 aliphatic rings. The smallest absolute Gasteiger partial charge is 0.285 e. The minimum atomic E-state index is -3.65. The van der Waals surface area contributed by atoms with Crippen LogP contribution < -0.4 is 14.8 Å². The minimum absolute atomic E-state index is 0.206. The van der Waals surface area contributed by atoms with E-state index < -0.39 is 10.0 Å². The van der Waals surface area contributed by atoms with Crippen molar-refractivity contribution in [3.8, 4) is 11.5 Å². The number of hydrogen-bond acceptors (Lipinski definition) is 6. The molecule has 1 saturated heterocycles. The van der Waals surface area contributed by atoms with Crippen LogP contribution in [0.2, 0.25) is 0 Å². The van der Waals surface area contributed by atoms with Crippen LogP contribution in [0.5, 0.6) is 11.5 Å². The van der Waals surface area contributed by atoms with Gasteiger partial charge in [0.15, 0.2) is 0 Å². The number of benzene rings is 2. The predicted octanol–water partition coefficient (Wildman–Crippen LogP) is 3.19. The van der Waals surface area contributed by atoms with E-state index in [-0.39, 0.29) is 4.90 Å². The van der Waals surface area contributed by atoms with Crippen LogP contribution in [0.1, 0.15) is 36.8 Å². The van der Waals surface area contributed by atoms with Crippen LogP contribution in [0.4, 0.5) is 0 Å². The van der Waals surface area contributed by atoms with Gasteiger partial charge in [-0.3, -0.25) is 4.90 Å². The Labute approximate surface area is 184 Å². The summed E-state index contributed by atoms with van der Waals surface area (Å²) in [5.41, 5.74) is 1.82. The van der Waals surface area contributed by atoms with Crippen molar-refractivity contribution >= 4 is 15.9 Å². The summed E-state index contributed by atoms with van der Waals surface area (Å²) in [7, 11) is -2.10. The molecule has 2 aromatic carbocycles. The zero-order valence-electron chi connectivity index (χ0n) is 17.8. The van der Waals surface area contributed by atoms with Crippen molar-refractivity contribution in [1.82, 2.24) is 10.2 Å². The lowest BCUT2D eigenvalue weighted by atomic mass is 10.1. The van der Waals surface area contributed by atoms with Crippen molar-refractivity contribution < 1.29 is 17.9 Å². The van der Waals surface area contributed by atoms with Gasteiger partial charge < -0.3 is 14.8 Å². The van der Waals surface area contributed by atoms with Gasteiger partial charge in [-0.2, -0.15) is 8.42 Å². The van der Waals surface area contributed by atoms with Crippen LogP contribution >= 0.6 is 0 Å². The molecule has 8 heteroatoms. The van der Waals surface area contributed by atoms with Crippen LogP contribution in [0.3, 0.4) is 0 Å². The maximum atomic E-state index is 12.2. The average Bonchev–Trinajstić information content (AvgIpc) is 3.04. The average molecular weight is 444 g/mol. The number of hydrogen-bond donors (Lipinski definition) is 1. The number of likely N-dealkylation sites (tertiary alicyclic amines) is 1. The number of fused-ring (bicyclic) bond motifs is 1. The molecule has 7 nitrogen and oxygen atoms in total. The molecular formula is C23H29N3O4S. The first kappa shape index (κ1) is 21.6. The highest BCUT2D eigenvalue weighted by atomic mass is 32.2. The Morgan fingerprint density at radius 3 is 2.71 bits per heavy atom. The number of nitrogens with zero attached hydrogens (tertiary/aromatic N) is 2. The van der Waals surface area contributed by atoms with Crippen molar-refractivity contribution in [3.05, 3.63) is 53.6 Å². The summed E-state index contributed by atoms with van der Waals surface area (Å²) in [6.07, 6.45) is 4.62. The maximum absolute atomic E-state index is 12.2. The number of nitrogens with one attached hydrogen (secondary N) is 1. The number of ether oxygens (including phenoxy) is 2. The molecule has 0 unspecified atom stereocenters. The largest absolute Gasteiger partial charge is 0.497 e. The van der Waals surface area contributed by atoms with E-state index in [0.29, 0.717) is 36.7 Å². The molecule has 1 N–H and O–H groups in total. The fourth-order valence-corrected chi connectivity index (χ4v) is 5.15. The number of methoxy groups -OCH3 is 1. The summed E-state index contributed by atoms with van der Waals surface area (Å²) in [6, 6.07) is 13.1. The topological polar surface area (TPSA) is 80.2 Å². The number of rotatable bonds is 8. The predicted molar refractivity (Wildman–Crippen MR) is 120 cm³/mol. The van der Waals surface area contributed by atoms with Crippen molar-refractivity contribution in [2.75, 3.05) is 33.4 Å². The summed E-state index contributed by atoms with van der Waals surface area (Å²) in [4.78, 5) is 2.70. The molecule has 166 valence electrons. The fourth-order valence-electron chi connectivity index (χ4n) is 3.97. The van der Waals surface area contributed by atoms with E-state index in [2.05, 4.69) is 26.7 Å². The third-order valence-electron chi connectivity index (χ3n) is 5.57. The van der Waals surface area contributed by atoms with Crippen molar-refractivity contribution in [3.63, 3.8) is 0 Å². The zero-order chi connectivity index (χ0) is 21.7. The Balaban J connectivity index is 1.26. The highest BCUT2D eigenvalue weighted by Gasteiger charge is 2.29. The quantitative estimate of drug-likeness (QED) is 0.631. The van der Waals surface area contributed by atoms with Crippen LogP contribution in [0.15, 0.2) is 51.8 Å². The van der Waals surface area contributed by atoms with Gasteiger partial charge in [-0.1, -0.05) is 18.6 Å². The second kappa shape index (κ2) is 9.70. The summed E-state index contributed by atoms with van der Waals surface area (Å²) in [6.45, 7) is 4.40. The lowest BCUT2D eigenvalue weighted by molar-refractivity contribution is 0.220. The monoisotopic (exact) mass is 443 g/mol. The Morgan fingerprint density at radius 2 is 1.90 bits per heavy atom. The van der Waals surface area contributed by atoms with Crippen molar-refractivity contribution in [2.24, 2.45) is 4.40 Å². The standard InChI is InChI=1S/C23H29N3O4S/c1-29-19-9-10-22-21(16-19)23(25-31(22,27)28)24-11-6-14-30-20-8-5-7-18(15-20)17-26-12-3-2-4-13-26/h5,7-10,15-16H,2-4,6,11-14,17H2,1H3,(H,24,25). The molecule has 1 fully saturated rings. The van der Waals surface area contributed by atoms with Crippen LogP contribution in [0.25, 0.3) is 0 Å². The van der Waals surface area contributed by atoms with E-state index in [1.807, 2.05) is 12.1 Å². The molecule has 2 aromatic rings. The van der Waals surface area contributed by atoms with Gasteiger partial charge in [0.25, 0.3) is 10.0 Å². The normalized spacial score (nSPS) is 17.6. The van der Waals surface area contributed by atoms with E-state index in [1.54, 1.807) is 19.2 Å². The van der Waals surface area contributed by atoms with E-state index in [9.17, 15) is 8.42 Å². The molecule has 0 saturated carbocycles. The fraction of sp³-hybridized carbons (Fsp3) is 0.435. The molecular weight excluding hydrogens is 414 g/mol. The van der Waals surface area contributed by atoms with E-state index in [0.717, 1.165) is 12.3 Å². The number of sulfonamides is 1. The minimum Gasteiger partial charge on any atom is -0.497 e. The Morgan fingerprint density at radius 1 is 1.06 bits per heavy atom. The molecule has 0 atom stereocenters. The van der Waals surface area contributed by atoms with Crippen molar-refractivity contribution in [1.29, 1.82) is 0 Å². The van der Waals surface area contributed by atoms with E-state index >= 15 is 0 Å². The number of piperidine rings is 1. The van der Waals surface area contributed by atoms with Gasteiger partial charge in [0.2, 0.25) is 0 Å². The molecule has 0 aromatic heterocycles. The first-order valence-corrected chi connectivity index (χ1v) is 12.2. The third-order valence-corrected chi connectivity index (χ3v) is 6.90. The zero-order valence-corrected chi connectivity index (χ0v) is 18.7. The Hall–Kier alpha value is -2.58. The summed E-state index contributed by atoms with van der Waals surface area (Å²) in [5.74, 6) is 1.82. The van der Waals surface area contributed by atoms with Gasteiger partial charge in [-0.25, -0.2) is 0 Å². The van der Waals surface area contributed by atoms with Gasteiger partial charge >= 0.3 is 0 Å². The van der Waals surface area contributed by atoms with Crippen molar-refractivity contribution in [2.45, 2.75) is 37.1 Å². The lowest BCUT2D eigenvalue weighted by Gasteiger charge is -2.26. The Bertz CT molecular complexity index is 1050. The van der Waals surface area contributed by atoms with Gasteiger partial charge in [-0.15, -0.1) is 4.40 Å². The highest BCUT2D eigenvalue weighted by Crippen LogP contribution is 2.28. The lowest BCUT2D eigenvalue weighted by Crippen LogP contribution is -2.29. The molecule has 0 bridgehead atoms.